The molecule has 2 rings (SSSR count). The molecule has 2 fully saturated rings. The van der Waals surface area contributed by atoms with Crippen molar-refractivity contribution in [2.24, 2.45) is 0 Å². The molecule has 1 heterocycles. The lowest BCUT2D eigenvalue weighted by Crippen LogP contribution is -2.46. The summed E-state index contributed by atoms with van der Waals surface area (Å²) in [6, 6.07) is 1.01. The van der Waals surface area contributed by atoms with E-state index < -0.39 is 0 Å². The molecule has 1 aliphatic heterocycles. The Kier molecular flexibility index (Phi) is 2.54. The van der Waals surface area contributed by atoms with Crippen LogP contribution in [0.15, 0.2) is 0 Å². The van der Waals surface area contributed by atoms with Gasteiger partial charge in [0, 0.05) is 18.5 Å². The number of carbonyl (C=O) groups is 1. The van der Waals surface area contributed by atoms with Crippen LogP contribution < -0.4 is 5.43 Å². The highest BCUT2D eigenvalue weighted by Gasteiger charge is 2.32. The number of amides is 1. The van der Waals surface area contributed by atoms with Crippen molar-refractivity contribution in [3.63, 3.8) is 0 Å². The van der Waals surface area contributed by atoms with E-state index in [0.29, 0.717) is 18.5 Å². The fraction of sp³-hybridized carbons (Fsp3) is 0.900. The second-order valence-corrected chi connectivity index (χ2v) is 4.29. The van der Waals surface area contributed by atoms with Crippen LogP contribution in [0.4, 0.5) is 0 Å². The van der Waals surface area contributed by atoms with Crippen molar-refractivity contribution in [1.29, 1.82) is 0 Å². The van der Waals surface area contributed by atoms with E-state index in [9.17, 15) is 4.79 Å². The van der Waals surface area contributed by atoms with Crippen molar-refractivity contribution in [3.05, 3.63) is 0 Å². The predicted octanol–water partition coefficient (Wildman–Crippen LogP) is 1.44. The molecule has 3 nitrogen and oxygen atoms in total. The van der Waals surface area contributed by atoms with Gasteiger partial charge >= 0.3 is 0 Å². The Morgan fingerprint density at radius 2 is 2.00 bits per heavy atom. The largest absolute Gasteiger partial charge is 0.288 e. The molecule has 1 aliphatic carbocycles. The lowest BCUT2D eigenvalue weighted by Gasteiger charge is -2.33. The second-order valence-electron chi connectivity index (χ2n) is 4.29. The maximum absolute atomic E-state index is 11.2. The van der Waals surface area contributed by atoms with Crippen molar-refractivity contribution in [1.82, 2.24) is 10.4 Å². The SMILES string of the molecule is C[C@H]1CC(=O)NN1C1CCCCC1. The first-order valence-electron chi connectivity index (χ1n) is 5.35. The maximum Gasteiger partial charge on any atom is 0.235 e. The molecular weight excluding hydrogens is 164 g/mol. The molecule has 0 aromatic rings. The monoisotopic (exact) mass is 182 g/mol. The molecule has 74 valence electrons. The molecule has 0 radical (unpaired) electrons. The lowest BCUT2D eigenvalue weighted by atomic mass is 9.94. The summed E-state index contributed by atoms with van der Waals surface area (Å²) in [5.41, 5.74) is 2.97. The third kappa shape index (κ3) is 1.85. The van der Waals surface area contributed by atoms with Gasteiger partial charge in [-0.25, -0.2) is 5.01 Å². The van der Waals surface area contributed by atoms with E-state index in [1.54, 1.807) is 0 Å². The molecule has 13 heavy (non-hydrogen) atoms. The number of nitrogens with one attached hydrogen (secondary N) is 1. The third-order valence-corrected chi connectivity index (χ3v) is 3.18. The van der Waals surface area contributed by atoms with Crippen molar-refractivity contribution in [3.8, 4) is 0 Å². The molecule has 3 heteroatoms. The molecule has 0 bridgehead atoms. The Labute approximate surface area is 79.5 Å². The van der Waals surface area contributed by atoms with Gasteiger partial charge in [-0.2, -0.15) is 0 Å². The average Bonchev–Trinajstić information content (AvgIpc) is 2.47. The summed E-state index contributed by atoms with van der Waals surface area (Å²) in [5.74, 6) is 0.193. The lowest BCUT2D eigenvalue weighted by molar-refractivity contribution is -0.121. The van der Waals surface area contributed by atoms with Gasteiger partial charge in [0.25, 0.3) is 0 Å². The van der Waals surface area contributed by atoms with Gasteiger partial charge in [0.2, 0.25) is 5.91 Å². The van der Waals surface area contributed by atoms with Crippen molar-refractivity contribution in [2.75, 3.05) is 0 Å². The molecule has 1 atom stereocenters. The van der Waals surface area contributed by atoms with Gasteiger partial charge in [-0.1, -0.05) is 19.3 Å². The first-order chi connectivity index (χ1) is 6.27. The van der Waals surface area contributed by atoms with Gasteiger partial charge in [-0.15, -0.1) is 0 Å². The Bertz CT molecular complexity index is 199. The van der Waals surface area contributed by atoms with Gasteiger partial charge in [0.15, 0.2) is 0 Å². The molecule has 0 aromatic heterocycles. The smallest absolute Gasteiger partial charge is 0.235 e. The molecule has 1 N–H and O–H groups in total. The van der Waals surface area contributed by atoms with Gasteiger partial charge in [0.1, 0.15) is 0 Å². The van der Waals surface area contributed by atoms with Gasteiger partial charge in [-0.3, -0.25) is 10.2 Å². The van der Waals surface area contributed by atoms with E-state index in [2.05, 4.69) is 17.4 Å². The molecule has 1 saturated carbocycles. The van der Waals surface area contributed by atoms with E-state index in [4.69, 9.17) is 0 Å². The normalized spacial score (nSPS) is 32.1. The first kappa shape index (κ1) is 9.00. The quantitative estimate of drug-likeness (QED) is 0.665. The van der Waals surface area contributed by atoms with Crippen LogP contribution in [0, 0.1) is 0 Å². The van der Waals surface area contributed by atoms with Crippen molar-refractivity contribution in [2.45, 2.75) is 57.5 Å². The van der Waals surface area contributed by atoms with Crippen LogP contribution in [-0.4, -0.2) is 23.0 Å². The number of hydrazine groups is 1. The summed E-state index contributed by atoms with van der Waals surface area (Å²) in [6.45, 7) is 2.13. The fourth-order valence-electron chi connectivity index (χ4n) is 2.48. The molecule has 0 aromatic carbocycles. The summed E-state index contributed by atoms with van der Waals surface area (Å²) < 4.78 is 0. The minimum absolute atomic E-state index is 0.193. The highest BCUT2D eigenvalue weighted by Crippen LogP contribution is 2.25. The second kappa shape index (κ2) is 3.66. The van der Waals surface area contributed by atoms with E-state index in [1.807, 2.05) is 0 Å². The molecule has 1 amide bonds. The number of nitrogens with zero attached hydrogens (tertiary/aromatic N) is 1. The molecular formula is C10H18N2O. The fourth-order valence-corrected chi connectivity index (χ4v) is 2.48. The molecule has 2 aliphatic rings. The Morgan fingerprint density at radius 1 is 1.31 bits per heavy atom. The number of hydrogen-bond acceptors (Lipinski definition) is 2. The minimum atomic E-state index is 0.193. The molecule has 0 spiro atoms. The highest BCUT2D eigenvalue weighted by atomic mass is 16.2. The summed E-state index contributed by atoms with van der Waals surface area (Å²) >= 11 is 0. The van der Waals surface area contributed by atoms with E-state index in [1.165, 1.54) is 32.1 Å². The Morgan fingerprint density at radius 3 is 2.54 bits per heavy atom. The van der Waals surface area contributed by atoms with Gasteiger partial charge < -0.3 is 0 Å². The van der Waals surface area contributed by atoms with Crippen LogP contribution in [-0.2, 0) is 4.79 Å². The number of rotatable bonds is 1. The number of carbonyl (C=O) groups excluding carboxylic acids is 1. The summed E-state index contributed by atoms with van der Waals surface area (Å²) in [4.78, 5) is 11.2. The van der Waals surface area contributed by atoms with Crippen LogP contribution in [0.25, 0.3) is 0 Å². The van der Waals surface area contributed by atoms with Crippen molar-refractivity contribution >= 4 is 5.91 Å². The van der Waals surface area contributed by atoms with E-state index in [-0.39, 0.29) is 5.91 Å². The topological polar surface area (TPSA) is 32.3 Å². The van der Waals surface area contributed by atoms with Crippen LogP contribution in [0.3, 0.4) is 0 Å². The molecule has 1 saturated heterocycles. The van der Waals surface area contributed by atoms with Crippen molar-refractivity contribution < 1.29 is 4.79 Å². The van der Waals surface area contributed by atoms with E-state index >= 15 is 0 Å². The predicted molar refractivity (Wildman–Crippen MR) is 50.9 cm³/mol. The van der Waals surface area contributed by atoms with Crippen LogP contribution in [0.5, 0.6) is 0 Å². The summed E-state index contributed by atoms with van der Waals surface area (Å²) in [5, 5.41) is 2.18. The van der Waals surface area contributed by atoms with Crippen LogP contribution >= 0.6 is 0 Å². The zero-order chi connectivity index (χ0) is 9.26. The maximum atomic E-state index is 11.2. The standard InChI is InChI=1S/C10H18N2O/c1-8-7-10(13)11-12(8)9-5-3-2-4-6-9/h8-9H,2-7H2,1H3,(H,11,13)/t8-/m0/s1. The number of hydrogen-bond donors (Lipinski definition) is 1. The Balaban J connectivity index is 1.95. The zero-order valence-electron chi connectivity index (χ0n) is 8.25. The third-order valence-electron chi connectivity index (χ3n) is 3.18. The minimum Gasteiger partial charge on any atom is -0.288 e. The highest BCUT2D eigenvalue weighted by molar-refractivity contribution is 5.77. The van der Waals surface area contributed by atoms with Gasteiger partial charge in [0.05, 0.1) is 0 Å². The average molecular weight is 182 g/mol. The van der Waals surface area contributed by atoms with Crippen LogP contribution in [0.1, 0.15) is 45.4 Å². The summed E-state index contributed by atoms with van der Waals surface area (Å²) in [7, 11) is 0. The van der Waals surface area contributed by atoms with Gasteiger partial charge in [-0.05, 0) is 19.8 Å². The zero-order valence-corrected chi connectivity index (χ0v) is 8.25. The molecule has 0 unspecified atom stereocenters. The Hall–Kier alpha value is -0.570. The first-order valence-corrected chi connectivity index (χ1v) is 5.35. The van der Waals surface area contributed by atoms with E-state index in [0.717, 1.165) is 0 Å². The summed E-state index contributed by atoms with van der Waals surface area (Å²) in [6.07, 6.45) is 7.20. The van der Waals surface area contributed by atoms with Crippen LogP contribution in [0.2, 0.25) is 0 Å².